The fourth-order valence-corrected chi connectivity index (χ4v) is 2.04. The Morgan fingerprint density at radius 3 is 2.42 bits per heavy atom. The molecule has 0 bridgehead atoms. The van der Waals surface area contributed by atoms with Crippen LogP contribution in [0.1, 0.15) is 5.56 Å². The van der Waals surface area contributed by atoms with Crippen molar-refractivity contribution in [3.8, 4) is 11.5 Å². The van der Waals surface area contributed by atoms with E-state index in [-0.39, 0.29) is 23.8 Å². The van der Waals surface area contributed by atoms with Crippen LogP contribution in [0.25, 0.3) is 0 Å². The minimum Gasteiger partial charge on any atom is -0.504 e. The molecule has 6 nitrogen and oxygen atoms in total. The van der Waals surface area contributed by atoms with Crippen molar-refractivity contribution in [1.82, 2.24) is 9.80 Å². The molecule has 0 aromatic heterocycles. The second-order valence-electron chi connectivity index (χ2n) is 4.52. The summed E-state index contributed by atoms with van der Waals surface area (Å²) in [6, 6.07) is 4.35. The molecule has 0 saturated carbocycles. The molecular formula is C13H16N2O4. The highest BCUT2D eigenvalue weighted by atomic mass is 16.3. The average molecular weight is 264 g/mol. The van der Waals surface area contributed by atoms with Crippen molar-refractivity contribution < 1.29 is 19.8 Å². The molecule has 1 heterocycles. The molecule has 1 saturated heterocycles. The lowest BCUT2D eigenvalue weighted by atomic mass is 10.1. The lowest BCUT2D eigenvalue weighted by Gasteiger charge is -2.32. The molecule has 0 radical (unpaired) electrons. The van der Waals surface area contributed by atoms with E-state index in [1.165, 1.54) is 12.1 Å². The molecule has 19 heavy (non-hydrogen) atoms. The lowest BCUT2D eigenvalue weighted by molar-refractivity contribution is -0.134. The first-order valence-corrected chi connectivity index (χ1v) is 6.08. The van der Waals surface area contributed by atoms with Gasteiger partial charge in [-0.25, -0.2) is 0 Å². The van der Waals surface area contributed by atoms with Gasteiger partial charge >= 0.3 is 0 Å². The zero-order valence-corrected chi connectivity index (χ0v) is 10.5. The normalized spacial score (nSPS) is 15.4. The highest BCUT2D eigenvalue weighted by Gasteiger charge is 2.20. The van der Waals surface area contributed by atoms with E-state index in [1.54, 1.807) is 15.9 Å². The summed E-state index contributed by atoms with van der Waals surface area (Å²) in [5.74, 6) is -0.470. The summed E-state index contributed by atoms with van der Waals surface area (Å²) in [5.41, 5.74) is 0.651. The van der Waals surface area contributed by atoms with Gasteiger partial charge < -0.3 is 20.0 Å². The molecule has 2 amide bonds. The van der Waals surface area contributed by atoms with Crippen LogP contribution in [-0.4, -0.2) is 58.5 Å². The van der Waals surface area contributed by atoms with Gasteiger partial charge in [-0.2, -0.15) is 0 Å². The highest BCUT2D eigenvalue weighted by Crippen LogP contribution is 2.25. The molecule has 1 aliphatic heterocycles. The van der Waals surface area contributed by atoms with Gasteiger partial charge in [0, 0.05) is 26.2 Å². The van der Waals surface area contributed by atoms with E-state index in [2.05, 4.69) is 0 Å². The summed E-state index contributed by atoms with van der Waals surface area (Å²) in [6.45, 7) is 2.16. The predicted molar refractivity (Wildman–Crippen MR) is 67.7 cm³/mol. The van der Waals surface area contributed by atoms with Crippen molar-refractivity contribution in [2.75, 3.05) is 26.2 Å². The Labute approximate surface area is 110 Å². The van der Waals surface area contributed by atoms with E-state index in [4.69, 9.17) is 0 Å². The monoisotopic (exact) mass is 264 g/mol. The summed E-state index contributed by atoms with van der Waals surface area (Å²) in [5, 5.41) is 18.6. The fourth-order valence-electron chi connectivity index (χ4n) is 2.04. The quantitative estimate of drug-likeness (QED) is 0.592. The van der Waals surface area contributed by atoms with Crippen LogP contribution in [-0.2, 0) is 16.0 Å². The number of carbonyl (C=O) groups is 2. The summed E-state index contributed by atoms with van der Waals surface area (Å²) in [4.78, 5) is 25.9. The topological polar surface area (TPSA) is 81.1 Å². The third kappa shape index (κ3) is 3.15. The largest absolute Gasteiger partial charge is 0.504 e. The van der Waals surface area contributed by atoms with Crippen LogP contribution in [0.3, 0.4) is 0 Å². The summed E-state index contributed by atoms with van der Waals surface area (Å²) in [7, 11) is 0. The Morgan fingerprint density at radius 1 is 1.16 bits per heavy atom. The maximum atomic E-state index is 12.0. The number of amides is 2. The molecular weight excluding hydrogens is 248 g/mol. The maximum absolute atomic E-state index is 12.0. The Hall–Kier alpha value is -2.24. The standard InChI is InChI=1S/C13H16N2O4/c16-9-14-3-5-15(6-4-14)13(19)8-10-1-2-11(17)12(18)7-10/h1-2,7,9,17-18H,3-6,8H2. The minimum absolute atomic E-state index is 0.0457. The number of benzene rings is 1. The molecule has 0 atom stereocenters. The molecule has 6 heteroatoms. The molecule has 102 valence electrons. The van der Waals surface area contributed by atoms with Crippen LogP contribution >= 0.6 is 0 Å². The number of carbonyl (C=O) groups excluding carboxylic acids is 2. The van der Waals surface area contributed by atoms with Gasteiger partial charge in [0.25, 0.3) is 0 Å². The summed E-state index contributed by atoms with van der Waals surface area (Å²) >= 11 is 0. The van der Waals surface area contributed by atoms with Gasteiger partial charge in [0.2, 0.25) is 12.3 Å². The smallest absolute Gasteiger partial charge is 0.227 e. The highest BCUT2D eigenvalue weighted by molar-refractivity contribution is 5.79. The first-order chi connectivity index (χ1) is 9.10. The van der Waals surface area contributed by atoms with Crippen molar-refractivity contribution >= 4 is 12.3 Å². The van der Waals surface area contributed by atoms with E-state index in [9.17, 15) is 19.8 Å². The number of aromatic hydroxyl groups is 2. The average Bonchev–Trinajstić information content (AvgIpc) is 2.43. The molecule has 1 fully saturated rings. The zero-order valence-electron chi connectivity index (χ0n) is 10.5. The fraction of sp³-hybridized carbons (Fsp3) is 0.385. The first kappa shape index (κ1) is 13.2. The van der Waals surface area contributed by atoms with Crippen molar-refractivity contribution in [3.05, 3.63) is 23.8 Å². The number of hydrogen-bond donors (Lipinski definition) is 2. The van der Waals surface area contributed by atoms with Gasteiger partial charge in [0.05, 0.1) is 6.42 Å². The Bertz CT molecular complexity index is 482. The van der Waals surface area contributed by atoms with Gasteiger partial charge in [-0.05, 0) is 17.7 Å². The number of rotatable bonds is 3. The summed E-state index contributed by atoms with van der Waals surface area (Å²) in [6.07, 6.45) is 0.967. The van der Waals surface area contributed by atoms with Crippen molar-refractivity contribution in [2.45, 2.75) is 6.42 Å². The molecule has 1 aliphatic rings. The van der Waals surface area contributed by atoms with Crippen LogP contribution in [0, 0.1) is 0 Å². The Kier molecular flexibility index (Phi) is 3.89. The first-order valence-electron chi connectivity index (χ1n) is 6.08. The number of phenols is 2. The second-order valence-corrected chi connectivity index (χ2v) is 4.52. The van der Waals surface area contributed by atoms with Crippen molar-refractivity contribution in [3.63, 3.8) is 0 Å². The summed E-state index contributed by atoms with van der Waals surface area (Å²) < 4.78 is 0. The number of phenolic OH excluding ortho intramolecular Hbond substituents is 2. The van der Waals surface area contributed by atoms with Gasteiger partial charge in [-0.15, -0.1) is 0 Å². The zero-order chi connectivity index (χ0) is 13.8. The maximum Gasteiger partial charge on any atom is 0.227 e. The van der Waals surface area contributed by atoms with Crippen LogP contribution in [0.5, 0.6) is 11.5 Å². The van der Waals surface area contributed by atoms with Gasteiger partial charge in [0.15, 0.2) is 11.5 Å². The predicted octanol–water partition coefficient (Wildman–Crippen LogP) is -0.0591. The molecule has 2 rings (SSSR count). The third-order valence-electron chi connectivity index (χ3n) is 3.21. The van der Waals surface area contributed by atoms with Gasteiger partial charge in [-0.1, -0.05) is 6.07 Å². The van der Waals surface area contributed by atoms with E-state index < -0.39 is 0 Å². The van der Waals surface area contributed by atoms with Crippen molar-refractivity contribution in [2.24, 2.45) is 0 Å². The van der Waals surface area contributed by atoms with Crippen LogP contribution < -0.4 is 0 Å². The molecule has 1 aromatic carbocycles. The van der Waals surface area contributed by atoms with E-state index in [0.29, 0.717) is 31.7 Å². The van der Waals surface area contributed by atoms with E-state index in [1.807, 2.05) is 0 Å². The molecule has 0 aliphatic carbocycles. The minimum atomic E-state index is -0.226. The lowest BCUT2D eigenvalue weighted by Crippen LogP contribution is -2.48. The van der Waals surface area contributed by atoms with Crippen molar-refractivity contribution in [1.29, 1.82) is 0 Å². The third-order valence-corrected chi connectivity index (χ3v) is 3.21. The SMILES string of the molecule is O=CN1CCN(C(=O)Cc2ccc(O)c(O)c2)CC1. The Balaban J connectivity index is 1.94. The van der Waals surface area contributed by atoms with E-state index >= 15 is 0 Å². The van der Waals surface area contributed by atoms with E-state index in [0.717, 1.165) is 6.41 Å². The molecule has 0 spiro atoms. The molecule has 2 N–H and O–H groups in total. The van der Waals surface area contributed by atoms with Crippen LogP contribution in [0.4, 0.5) is 0 Å². The second kappa shape index (κ2) is 5.60. The Morgan fingerprint density at radius 2 is 1.84 bits per heavy atom. The molecule has 0 unspecified atom stereocenters. The number of piperazine rings is 1. The molecule has 1 aromatic rings. The van der Waals surface area contributed by atoms with Crippen LogP contribution in [0.15, 0.2) is 18.2 Å². The number of nitrogens with zero attached hydrogens (tertiary/aromatic N) is 2. The van der Waals surface area contributed by atoms with Crippen LogP contribution in [0.2, 0.25) is 0 Å². The van der Waals surface area contributed by atoms with Gasteiger partial charge in [0.1, 0.15) is 0 Å². The number of hydrogen-bond acceptors (Lipinski definition) is 4. The van der Waals surface area contributed by atoms with Gasteiger partial charge in [-0.3, -0.25) is 9.59 Å².